The third kappa shape index (κ3) is 3.72. The summed E-state index contributed by atoms with van der Waals surface area (Å²) in [6, 6.07) is 9.16. The first-order chi connectivity index (χ1) is 10.7. The molecule has 1 aromatic carbocycles. The number of benzene rings is 1. The summed E-state index contributed by atoms with van der Waals surface area (Å²) in [6.07, 6.45) is 2.03. The van der Waals surface area contributed by atoms with Crippen LogP contribution in [0.25, 0.3) is 11.3 Å². The van der Waals surface area contributed by atoms with Gasteiger partial charge in [-0.05, 0) is 24.6 Å². The highest BCUT2D eigenvalue weighted by Crippen LogP contribution is 2.29. The molecule has 0 fully saturated rings. The van der Waals surface area contributed by atoms with Crippen molar-refractivity contribution in [2.75, 3.05) is 19.4 Å². The maximum atomic E-state index is 11.8. The molecule has 0 aliphatic rings. The summed E-state index contributed by atoms with van der Waals surface area (Å²) in [7, 11) is 1.54. The van der Waals surface area contributed by atoms with E-state index in [0.29, 0.717) is 12.3 Å². The van der Waals surface area contributed by atoms with E-state index in [0.717, 1.165) is 24.2 Å². The Kier molecular flexibility index (Phi) is 5.30. The lowest BCUT2D eigenvalue weighted by molar-refractivity contribution is 0.0958. The first-order valence-corrected chi connectivity index (χ1v) is 7.24. The molecule has 0 radical (unpaired) electrons. The zero-order valence-electron chi connectivity index (χ0n) is 12.8. The van der Waals surface area contributed by atoms with Gasteiger partial charge in [-0.15, -0.1) is 0 Å². The molecule has 0 spiro atoms. The smallest absolute Gasteiger partial charge is 0.269 e. The number of unbranched alkanes of at least 4 members (excludes halogenated alkanes) is 1. The van der Waals surface area contributed by atoms with Gasteiger partial charge < -0.3 is 15.8 Å². The third-order valence-corrected chi connectivity index (χ3v) is 3.12. The van der Waals surface area contributed by atoms with Crippen LogP contribution in [0.4, 0.5) is 5.95 Å². The number of amides is 1. The molecule has 0 aliphatic heterocycles. The predicted molar refractivity (Wildman–Crippen MR) is 85.7 cm³/mol. The first kappa shape index (κ1) is 15.8. The lowest BCUT2D eigenvalue weighted by Gasteiger charge is -2.11. The summed E-state index contributed by atoms with van der Waals surface area (Å²) in [6.45, 7) is 2.74. The van der Waals surface area contributed by atoms with Crippen molar-refractivity contribution in [3.63, 3.8) is 0 Å². The van der Waals surface area contributed by atoms with E-state index < -0.39 is 0 Å². The minimum Gasteiger partial charge on any atom is -0.493 e. The Labute approximate surface area is 129 Å². The number of hydrogen-bond acceptors (Lipinski definition) is 5. The molecule has 1 amide bonds. The van der Waals surface area contributed by atoms with Crippen LogP contribution in [0.1, 0.15) is 30.3 Å². The number of ether oxygens (including phenoxy) is 1. The summed E-state index contributed by atoms with van der Waals surface area (Å²) < 4.78 is 5.80. The molecule has 0 saturated carbocycles. The second kappa shape index (κ2) is 7.40. The second-order valence-corrected chi connectivity index (χ2v) is 4.77. The number of aromatic nitrogens is 2. The average molecular weight is 300 g/mol. The molecule has 6 heteroatoms. The number of anilines is 1. The number of para-hydroxylation sites is 1. The van der Waals surface area contributed by atoms with Crippen LogP contribution in [0.15, 0.2) is 30.3 Å². The zero-order valence-corrected chi connectivity index (χ0v) is 12.8. The SMILES string of the molecule is CCCCOc1ccccc1-c1cc(C(=O)NC)nc(N)n1. The van der Waals surface area contributed by atoms with Gasteiger partial charge in [-0.2, -0.15) is 0 Å². The van der Waals surface area contributed by atoms with Gasteiger partial charge in [0.25, 0.3) is 5.91 Å². The van der Waals surface area contributed by atoms with E-state index in [1.807, 2.05) is 24.3 Å². The maximum Gasteiger partial charge on any atom is 0.269 e. The highest BCUT2D eigenvalue weighted by Gasteiger charge is 2.13. The summed E-state index contributed by atoms with van der Waals surface area (Å²) in [4.78, 5) is 19.9. The Morgan fingerprint density at radius 1 is 1.32 bits per heavy atom. The number of rotatable bonds is 6. The van der Waals surface area contributed by atoms with Crippen molar-refractivity contribution in [1.82, 2.24) is 15.3 Å². The van der Waals surface area contributed by atoms with Crippen LogP contribution >= 0.6 is 0 Å². The number of nitrogen functional groups attached to an aromatic ring is 1. The molecule has 1 heterocycles. The van der Waals surface area contributed by atoms with Gasteiger partial charge in [-0.1, -0.05) is 25.5 Å². The lowest BCUT2D eigenvalue weighted by Crippen LogP contribution is -2.20. The van der Waals surface area contributed by atoms with E-state index in [1.165, 1.54) is 0 Å². The van der Waals surface area contributed by atoms with Crippen molar-refractivity contribution in [3.8, 4) is 17.0 Å². The third-order valence-electron chi connectivity index (χ3n) is 3.12. The van der Waals surface area contributed by atoms with Gasteiger partial charge in [-0.3, -0.25) is 4.79 Å². The second-order valence-electron chi connectivity index (χ2n) is 4.77. The Bertz CT molecular complexity index is 658. The van der Waals surface area contributed by atoms with E-state index in [2.05, 4.69) is 22.2 Å². The van der Waals surface area contributed by atoms with Crippen molar-refractivity contribution in [2.24, 2.45) is 0 Å². The fourth-order valence-corrected chi connectivity index (χ4v) is 1.98. The standard InChI is InChI=1S/C16H20N4O2/c1-3-4-9-22-14-8-6-5-7-11(14)12-10-13(15(21)18-2)20-16(17)19-12/h5-8,10H,3-4,9H2,1-2H3,(H,18,21)(H2,17,19,20). The number of carbonyl (C=O) groups excluding carboxylic acids is 1. The summed E-state index contributed by atoms with van der Waals surface area (Å²) in [5.41, 5.74) is 7.31. The normalized spacial score (nSPS) is 10.3. The van der Waals surface area contributed by atoms with Crippen LogP contribution in [0.3, 0.4) is 0 Å². The zero-order chi connectivity index (χ0) is 15.9. The van der Waals surface area contributed by atoms with Gasteiger partial charge in [-0.25, -0.2) is 9.97 Å². The van der Waals surface area contributed by atoms with Crippen LogP contribution in [-0.2, 0) is 0 Å². The van der Waals surface area contributed by atoms with Gasteiger partial charge in [0.05, 0.1) is 12.3 Å². The van der Waals surface area contributed by atoms with Crippen molar-refractivity contribution in [1.29, 1.82) is 0 Å². The highest BCUT2D eigenvalue weighted by atomic mass is 16.5. The minimum absolute atomic E-state index is 0.0551. The first-order valence-electron chi connectivity index (χ1n) is 7.24. The van der Waals surface area contributed by atoms with E-state index in [1.54, 1.807) is 13.1 Å². The molecule has 0 atom stereocenters. The molecule has 2 aromatic rings. The van der Waals surface area contributed by atoms with Crippen LogP contribution in [0.5, 0.6) is 5.75 Å². The summed E-state index contributed by atoms with van der Waals surface area (Å²) in [5, 5.41) is 2.53. The average Bonchev–Trinajstić information content (AvgIpc) is 2.54. The quantitative estimate of drug-likeness (QED) is 0.799. The van der Waals surface area contributed by atoms with Gasteiger partial charge in [0.2, 0.25) is 5.95 Å². The Balaban J connectivity index is 2.39. The van der Waals surface area contributed by atoms with Crippen molar-refractivity contribution in [2.45, 2.75) is 19.8 Å². The van der Waals surface area contributed by atoms with E-state index in [-0.39, 0.29) is 17.5 Å². The molecule has 6 nitrogen and oxygen atoms in total. The maximum absolute atomic E-state index is 11.8. The largest absolute Gasteiger partial charge is 0.493 e. The van der Waals surface area contributed by atoms with Gasteiger partial charge in [0.15, 0.2) is 0 Å². The van der Waals surface area contributed by atoms with Crippen molar-refractivity contribution >= 4 is 11.9 Å². The molecule has 0 saturated heterocycles. The molecule has 116 valence electrons. The molecular formula is C16H20N4O2. The van der Waals surface area contributed by atoms with Crippen LogP contribution in [-0.4, -0.2) is 29.5 Å². The Hall–Kier alpha value is -2.63. The number of nitrogens with zero attached hydrogens (tertiary/aromatic N) is 2. The molecule has 0 unspecified atom stereocenters. The number of nitrogens with one attached hydrogen (secondary N) is 1. The number of hydrogen-bond donors (Lipinski definition) is 2. The Morgan fingerprint density at radius 2 is 2.09 bits per heavy atom. The fourth-order valence-electron chi connectivity index (χ4n) is 1.98. The molecule has 1 aromatic heterocycles. The van der Waals surface area contributed by atoms with Gasteiger partial charge in [0, 0.05) is 12.6 Å². The lowest BCUT2D eigenvalue weighted by atomic mass is 10.1. The molecular weight excluding hydrogens is 280 g/mol. The predicted octanol–water partition coefficient (Wildman–Crippen LogP) is 2.26. The fraction of sp³-hybridized carbons (Fsp3) is 0.312. The minimum atomic E-state index is -0.306. The Morgan fingerprint density at radius 3 is 2.82 bits per heavy atom. The van der Waals surface area contributed by atoms with Crippen molar-refractivity contribution in [3.05, 3.63) is 36.0 Å². The van der Waals surface area contributed by atoms with E-state index >= 15 is 0 Å². The summed E-state index contributed by atoms with van der Waals surface area (Å²) in [5.74, 6) is 0.469. The van der Waals surface area contributed by atoms with E-state index in [4.69, 9.17) is 10.5 Å². The van der Waals surface area contributed by atoms with Crippen LogP contribution in [0.2, 0.25) is 0 Å². The molecule has 0 bridgehead atoms. The van der Waals surface area contributed by atoms with Gasteiger partial charge >= 0.3 is 0 Å². The van der Waals surface area contributed by atoms with Gasteiger partial charge in [0.1, 0.15) is 11.4 Å². The monoisotopic (exact) mass is 300 g/mol. The number of carbonyl (C=O) groups is 1. The topological polar surface area (TPSA) is 90.1 Å². The van der Waals surface area contributed by atoms with Crippen molar-refractivity contribution < 1.29 is 9.53 Å². The van der Waals surface area contributed by atoms with E-state index in [9.17, 15) is 4.79 Å². The summed E-state index contributed by atoms with van der Waals surface area (Å²) >= 11 is 0. The van der Waals surface area contributed by atoms with Crippen LogP contribution in [0, 0.1) is 0 Å². The molecule has 2 rings (SSSR count). The highest BCUT2D eigenvalue weighted by molar-refractivity contribution is 5.93. The number of nitrogens with two attached hydrogens (primary N) is 1. The molecule has 0 aliphatic carbocycles. The van der Waals surface area contributed by atoms with Crippen LogP contribution < -0.4 is 15.8 Å². The molecule has 22 heavy (non-hydrogen) atoms. The molecule has 3 N–H and O–H groups in total.